The van der Waals surface area contributed by atoms with Crippen LogP contribution in [0.15, 0.2) is 35.4 Å². The topological polar surface area (TPSA) is 93.5 Å². The summed E-state index contributed by atoms with van der Waals surface area (Å²) in [5, 5.41) is -0.416. The van der Waals surface area contributed by atoms with Crippen molar-refractivity contribution in [2.24, 2.45) is 7.05 Å². The number of hydrogen-bond acceptors (Lipinski definition) is 5. The van der Waals surface area contributed by atoms with E-state index in [0.717, 1.165) is 16.4 Å². The van der Waals surface area contributed by atoms with Gasteiger partial charge in [0, 0.05) is 20.1 Å². The molecule has 1 atom stereocenters. The summed E-state index contributed by atoms with van der Waals surface area (Å²) >= 11 is 12.5. The Hall–Kier alpha value is -2.47. The second-order valence-electron chi connectivity index (χ2n) is 7.12. The maximum absolute atomic E-state index is 14.5. The Morgan fingerprint density at radius 1 is 1.22 bits per heavy atom. The number of rotatable bonds is 5. The van der Waals surface area contributed by atoms with E-state index in [9.17, 15) is 22.0 Å². The van der Waals surface area contributed by atoms with Gasteiger partial charge in [0.25, 0.3) is 5.56 Å². The molecule has 0 bridgehead atoms. The zero-order chi connectivity index (χ0) is 23.2. The normalized spacial score (nSPS) is 17.1. The van der Waals surface area contributed by atoms with Crippen LogP contribution in [0.2, 0.25) is 10.0 Å². The maximum Gasteiger partial charge on any atom is 0.301 e. The smallest absolute Gasteiger partial charge is 0.301 e. The van der Waals surface area contributed by atoms with Crippen molar-refractivity contribution in [3.63, 3.8) is 0 Å². The lowest BCUT2D eigenvalue weighted by molar-refractivity contribution is 0.343. The largest absolute Gasteiger partial charge is 0.451 e. The molecular formula is C19H16Cl2F2N4O4S. The highest BCUT2D eigenvalue weighted by molar-refractivity contribution is 7.90. The van der Waals surface area contributed by atoms with Crippen molar-refractivity contribution in [1.29, 1.82) is 0 Å². The number of aromatic nitrogens is 2. The van der Waals surface area contributed by atoms with Gasteiger partial charge in [-0.25, -0.2) is 13.8 Å². The minimum Gasteiger partial charge on any atom is -0.451 e. The fourth-order valence-electron chi connectivity index (χ4n) is 3.24. The first-order valence-electron chi connectivity index (χ1n) is 9.30. The summed E-state index contributed by atoms with van der Waals surface area (Å²) in [5.41, 5.74) is -0.287. The molecule has 1 saturated heterocycles. The van der Waals surface area contributed by atoms with Gasteiger partial charge in [0.15, 0.2) is 11.6 Å². The Morgan fingerprint density at radius 3 is 2.66 bits per heavy atom. The lowest BCUT2D eigenvalue weighted by Gasteiger charge is -2.19. The van der Waals surface area contributed by atoms with Crippen LogP contribution < -0.4 is 15.0 Å². The van der Waals surface area contributed by atoms with Gasteiger partial charge in [0.05, 0.1) is 27.9 Å². The van der Waals surface area contributed by atoms with Gasteiger partial charge in [0.1, 0.15) is 16.9 Å². The van der Waals surface area contributed by atoms with Crippen LogP contribution in [-0.4, -0.2) is 41.5 Å². The van der Waals surface area contributed by atoms with E-state index in [1.54, 1.807) is 0 Å². The van der Waals surface area contributed by atoms with Crippen LogP contribution >= 0.6 is 23.2 Å². The first-order valence-corrected chi connectivity index (χ1v) is 11.5. The minimum atomic E-state index is -4.12. The molecule has 8 nitrogen and oxygen atoms in total. The first kappa shape index (κ1) is 22.7. The highest BCUT2D eigenvalue weighted by Gasteiger charge is 2.32. The van der Waals surface area contributed by atoms with Crippen molar-refractivity contribution in [2.45, 2.75) is 12.6 Å². The number of nitrogens with zero attached hydrogens (tertiary/aromatic N) is 3. The molecule has 4 rings (SSSR count). The predicted molar refractivity (Wildman–Crippen MR) is 117 cm³/mol. The van der Waals surface area contributed by atoms with Gasteiger partial charge in [-0.3, -0.25) is 9.52 Å². The third kappa shape index (κ3) is 4.13. The van der Waals surface area contributed by atoms with Crippen LogP contribution in [0.3, 0.4) is 0 Å². The fourth-order valence-corrected chi connectivity index (χ4v) is 5.09. The predicted octanol–water partition coefficient (Wildman–Crippen LogP) is 3.87. The molecule has 1 aliphatic rings. The summed E-state index contributed by atoms with van der Waals surface area (Å²) in [6.07, 6.45) is 0.159. The highest BCUT2D eigenvalue weighted by atomic mass is 35.5. The van der Waals surface area contributed by atoms with Crippen molar-refractivity contribution in [3.05, 3.63) is 56.8 Å². The van der Waals surface area contributed by atoms with Gasteiger partial charge >= 0.3 is 10.2 Å². The van der Waals surface area contributed by atoms with Crippen molar-refractivity contribution < 1.29 is 21.9 Å². The van der Waals surface area contributed by atoms with E-state index in [-0.39, 0.29) is 46.4 Å². The number of aryl methyl sites for hydroxylation is 1. The number of alkyl halides is 1. The number of halogens is 4. The van der Waals surface area contributed by atoms with Gasteiger partial charge in [-0.2, -0.15) is 12.7 Å². The Bertz CT molecular complexity index is 1380. The fraction of sp³-hybridized carbons (Fsp3) is 0.263. The lowest BCUT2D eigenvalue weighted by Crippen LogP contribution is -2.34. The van der Waals surface area contributed by atoms with Crippen LogP contribution in [0.5, 0.6) is 11.5 Å². The van der Waals surface area contributed by atoms with Crippen molar-refractivity contribution >= 4 is 50.0 Å². The SMILES string of the molecule is Cn1cnc2ccc(Oc3c(F)ccc(NS(=O)(=O)N4CC[C@@H](F)C4)c3Cl)c(Cl)c2c1=O. The van der Waals surface area contributed by atoms with Crippen LogP contribution in [0.25, 0.3) is 10.9 Å². The van der Waals surface area contributed by atoms with Gasteiger partial charge in [-0.05, 0) is 30.7 Å². The zero-order valence-electron chi connectivity index (χ0n) is 16.5. The summed E-state index contributed by atoms with van der Waals surface area (Å²) in [5.74, 6) is -1.47. The van der Waals surface area contributed by atoms with Gasteiger partial charge in [-0.1, -0.05) is 23.2 Å². The zero-order valence-corrected chi connectivity index (χ0v) is 18.8. The van der Waals surface area contributed by atoms with Crippen molar-refractivity contribution in [2.75, 3.05) is 17.8 Å². The quantitative estimate of drug-likeness (QED) is 0.569. The van der Waals surface area contributed by atoms with Crippen molar-refractivity contribution in [1.82, 2.24) is 13.9 Å². The molecule has 32 heavy (non-hydrogen) atoms. The Balaban J connectivity index is 1.70. The van der Waals surface area contributed by atoms with Gasteiger partial charge in [0.2, 0.25) is 0 Å². The van der Waals surface area contributed by atoms with Gasteiger partial charge < -0.3 is 9.30 Å². The molecule has 1 N–H and O–H groups in total. The van der Waals surface area contributed by atoms with E-state index in [1.807, 2.05) is 0 Å². The van der Waals surface area contributed by atoms with Crippen LogP contribution in [-0.2, 0) is 17.3 Å². The molecule has 2 aromatic carbocycles. The molecule has 1 fully saturated rings. The monoisotopic (exact) mass is 504 g/mol. The molecule has 3 aromatic rings. The highest BCUT2D eigenvalue weighted by Crippen LogP contribution is 2.41. The molecule has 0 radical (unpaired) electrons. The van der Waals surface area contributed by atoms with Crippen molar-refractivity contribution in [3.8, 4) is 11.5 Å². The van der Waals surface area contributed by atoms with Crippen LogP contribution in [0, 0.1) is 5.82 Å². The van der Waals surface area contributed by atoms with E-state index in [2.05, 4.69) is 9.71 Å². The Morgan fingerprint density at radius 2 is 1.97 bits per heavy atom. The van der Waals surface area contributed by atoms with E-state index in [4.69, 9.17) is 27.9 Å². The summed E-state index contributed by atoms with van der Waals surface area (Å²) in [4.78, 5) is 16.5. The average Bonchev–Trinajstić information content (AvgIpc) is 3.19. The van der Waals surface area contributed by atoms with E-state index >= 15 is 0 Å². The summed E-state index contributed by atoms with van der Waals surface area (Å²) < 4.78 is 62.9. The molecule has 0 aliphatic carbocycles. The van der Waals surface area contributed by atoms with Crippen LogP contribution in [0.4, 0.5) is 14.5 Å². The molecular weight excluding hydrogens is 489 g/mol. The third-order valence-electron chi connectivity index (χ3n) is 4.92. The van der Waals surface area contributed by atoms with Gasteiger partial charge in [-0.15, -0.1) is 0 Å². The van der Waals surface area contributed by atoms with E-state index in [1.165, 1.54) is 30.1 Å². The minimum absolute atomic E-state index is 0.00829. The van der Waals surface area contributed by atoms with E-state index < -0.39 is 33.5 Å². The number of nitrogens with one attached hydrogen (secondary N) is 1. The molecule has 2 heterocycles. The molecule has 0 amide bonds. The third-order valence-corrected chi connectivity index (χ3v) is 7.16. The summed E-state index contributed by atoms with van der Waals surface area (Å²) in [7, 11) is -2.62. The standard InChI is InChI=1S/C19H16Cl2F2N4O4S/c1-26-9-24-12-4-5-14(17(21)15(12)19(26)28)31-18-11(23)2-3-13(16(18)20)25-32(29,30)27-7-6-10(22)8-27/h2-5,9-10,25H,6-8H2,1H3/t10-/m1/s1. The van der Waals surface area contributed by atoms with E-state index in [0.29, 0.717) is 5.52 Å². The molecule has 13 heteroatoms. The number of benzene rings is 2. The number of hydrogen-bond donors (Lipinski definition) is 1. The molecule has 1 aromatic heterocycles. The maximum atomic E-state index is 14.5. The van der Waals surface area contributed by atoms with Crippen LogP contribution in [0.1, 0.15) is 6.42 Å². The summed E-state index contributed by atoms with van der Waals surface area (Å²) in [6, 6.07) is 4.93. The molecule has 0 saturated carbocycles. The molecule has 1 aliphatic heterocycles. The summed E-state index contributed by atoms with van der Waals surface area (Å²) in [6.45, 7) is -0.276. The number of anilines is 1. The second-order valence-corrected chi connectivity index (χ2v) is 9.55. The lowest BCUT2D eigenvalue weighted by atomic mass is 10.2. The Kier molecular flexibility index (Phi) is 6.01. The molecule has 0 spiro atoms. The molecule has 170 valence electrons. The average molecular weight is 505 g/mol. The molecule has 0 unspecified atom stereocenters. The first-order chi connectivity index (χ1) is 15.1. The Labute approximate surface area is 191 Å². The number of ether oxygens (including phenoxy) is 1. The number of fused-ring (bicyclic) bond motifs is 1. The second kappa shape index (κ2) is 8.47.